The van der Waals surface area contributed by atoms with Crippen molar-refractivity contribution >= 4 is 44.6 Å². The number of thiophene rings is 1. The van der Waals surface area contributed by atoms with Gasteiger partial charge in [-0.1, -0.05) is 18.2 Å². The molecule has 1 N–H and O–H groups in total. The van der Waals surface area contributed by atoms with Crippen molar-refractivity contribution < 1.29 is 17.9 Å². The average molecular weight is 420 g/mol. The van der Waals surface area contributed by atoms with E-state index in [0.717, 1.165) is 16.2 Å². The highest BCUT2D eigenvalue weighted by Crippen LogP contribution is 2.24. The summed E-state index contributed by atoms with van der Waals surface area (Å²) in [5.74, 6) is 0.933. The molecule has 0 saturated carbocycles. The smallest absolute Gasteiger partial charge is 0.271 e. The van der Waals surface area contributed by atoms with Gasteiger partial charge in [-0.25, -0.2) is 8.42 Å². The fourth-order valence-electron chi connectivity index (χ4n) is 2.27. The maximum absolute atomic E-state index is 12.3. The van der Waals surface area contributed by atoms with E-state index < -0.39 is 10.0 Å². The topological polar surface area (TPSA) is 72.5 Å². The molecule has 0 atom stereocenters. The number of hydrogen-bond donors (Lipinski definition) is 1. The lowest BCUT2D eigenvalue weighted by atomic mass is 10.1. The third kappa shape index (κ3) is 5.12. The van der Waals surface area contributed by atoms with Crippen molar-refractivity contribution in [3.05, 3.63) is 71.6 Å². The van der Waals surface area contributed by atoms with E-state index in [4.69, 9.17) is 4.74 Å². The zero-order valence-electron chi connectivity index (χ0n) is 14.4. The number of anilines is 1. The molecule has 8 heteroatoms. The molecule has 1 aromatic heterocycles. The van der Waals surface area contributed by atoms with Gasteiger partial charge in [0.25, 0.3) is 10.0 Å². The fraction of sp³-hybridized carbons (Fsp3) is 0.105. The van der Waals surface area contributed by atoms with Gasteiger partial charge in [0.15, 0.2) is 5.78 Å². The molecule has 0 radical (unpaired) electrons. The molecule has 0 fully saturated rings. The minimum Gasteiger partial charge on any atom is -0.497 e. The minimum absolute atomic E-state index is 0.00127. The number of hydrogen-bond acceptors (Lipinski definition) is 6. The quantitative estimate of drug-likeness (QED) is 0.429. The summed E-state index contributed by atoms with van der Waals surface area (Å²) >= 11 is 2.56. The Morgan fingerprint density at radius 3 is 2.56 bits per heavy atom. The van der Waals surface area contributed by atoms with Crippen LogP contribution in [0, 0.1) is 0 Å². The van der Waals surface area contributed by atoms with Crippen molar-refractivity contribution in [2.45, 2.75) is 9.10 Å². The van der Waals surface area contributed by atoms with Crippen molar-refractivity contribution in [1.29, 1.82) is 0 Å². The van der Waals surface area contributed by atoms with Gasteiger partial charge in [-0.3, -0.25) is 9.52 Å². The fourth-order valence-corrected chi connectivity index (χ4v) is 5.11. The largest absolute Gasteiger partial charge is 0.497 e. The molecular formula is C19H17NO4S3. The second-order valence-electron chi connectivity index (χ2n) is 5.51. The Morgan fingerprint density at radius 2 is 1.89 bits per heavy atom. The molecule has 2 aromatic carbocycles. The molecule has 140 valence electrons. The van der Waals surface area contributed by atoms with Crippen LogP contribution < -0.4 is 9.46 Å². The second-order valence-corrected chi connectivity index (χ2v) is 9.41. The summed E-state index contributed by atoms with van der Waals surface area (Å²) in [7, 11) is -1.99. The van der Waals surface area contributed by atoms with Crippen molar-refractivity contribution in [2.24, 2.45) is 0 Å². The highest BCUT2D eigenvalue weighted by atomic mass is 32.2. The van der Waals surface area contributed by atoms with Gasteiger partial charge in [-0.2, -0.15) is 0 Å². The van der Waals surface area contributed by atoms with Crippen LogP contribution in [0.1, 0.15) is 10.4 Å². The van der Waals surface area contributed by atoms with E-state index in [1.165, 1.54) is 11.8 Å². The summed E-state index contributed by atoms with van der Waals surface area (Å²) in [6.07, 6.45) is 0. The van der Waals surface area contributed by atoms with Crippen LogP contribution in [-0.4, -0.2) is 27.1 Å². The summed E-state index contributed by atoms with van der Waals surface area (Å²) in [6.45, 7) is 0. The van der Waals surface area contributed by atoms with Gasteiger partial charge in [-0.15, -0.1) is 23.1 Å². The first-order valence-electron chi connectivity index (χ1n) is 7.94. The first-order chi connectivity index (χ1) is 13.0. The van der Waals surface area contributed by atoms with E-state index in [1.54, 1.807) is 73.2 Å². The van der Waals surface area contributed by atoms with Crippen LogP contribution in [0.2, 0.25) is 0 Å². The zero-order chi connectivity index (χ0) is 19.3. The molecule has 0 saturated heterocycles. The second kappa shape index (κ2) is 8.60. The normalized spacial score (nSPS) is 11.1. The lowest BCUT2D eigenvalue weighted by Gasteiger charge is -2.07. The van der Waals surface area contributed by atoms with Gasteiger partial charge in [-0.05, 0) is 47.8 Å². The van der Waals surface area contributed by atoms with E-state index in [9.17, 15) is 13.2 Å². The first kappa shape index (κ1) is 19.5. The number of ketones is 1. The molecule has 27 heavy (non-hydrogen) atoms. The maximum atomic E-state index is 12.3. The number of carbonyl (C=O) groups is 1. The van der Waals surface area contributed by atoms with Gasteiger partial charge in [0.05, 0.1) is 12.9 Å². The average Bonchev–Trinajstić information content (AvgIpc) is 3.23. The Kier molecular flexibility index (Phi) is 6.20. The van der Waals surface area contributed by atoms with Gasteiger partial charge < -0.3 is 4.74 Å². The summed E-state index contributed by atoms with van der Waals surface area (Å²) in [5, 5.41) is 1.72. The van der Waals surface area contributed by atoms with Gasteiger partial charge in [0.2, 0.25) is 0 Å². The summed E-state index contributed by atoms with van der Waals surface area (Å²) in [6, 6.07) is 17.2. The third-order valence-corrected chi connectivity index (χ3v) is 7.42. The van der Waals surface area contributed by atoms with E-state index in [-0.39, 0.29) is 15.7 Å². The number of methoxy groups -OCH3 is 1. The Hall–Kier alpha value is -2.29. The zero-order valence-corrected chi connectivity index (χ0v) is 16.9. The summed E-state index contributed by atoms with van der Waals surface area (Å²) in [4.78, 5) is 13.2. The number of benzene rings is 2. The summed E-state index contributed by atoms with van der Waals surface area (Å²) in [5.41, 5.74) is 1.08. The SMILES string of the molecule is COc1cccc(C(=O)CSc2ccc(NS(=O)(=O)c3cccs3)cc2)c1. The molecular weight excluding hydrogens is 402 g/mol. The molecule has 0 spiro atoms. The number of rotatable bonds is 8. The Balaban J connectivity index is 1.60. The van der Waals surface area contributed by atoms with Gasteiger partial charge in [0.1, 0.15) is 9.96 Å². The molecule has 0 aliphatic rings. The van der Waals surface area contributed by atoms with Crippen LogP contribution in [-0.2, 0) is 10.0 Å². The van der Waals surface area contributed by atoms with E-state index in [0.29, 0.717) is 17.0 Å². The number of sulfonamides is 1. The number of nitrogens with one attached hydrogen (secondary N) is 1. The molecule has 0 unspecified atom stereocenters. The predicted octanol–water partition coefficient (Wildman–Crippen LogP) is 4.53. The molecule has 5 nitrogen and oxygen atoms in total. The molecule has 0 aliphatic carbocycles. The maximum Gasteiger partial charge on any atom is 0.271 e. The molecule has 3 aromatic rings. The molecule has 0 aliphatic heterocycles. The molecule has 0 amide bonds. The number of thioether (sulfide) groups is 1. The van der Waals surface area contributed by atoms with Crippen LogP contribution in [0.5, 0.6) is 5.75 Å². The molecule has 0 bridgehead atoms. The first-order valence-corrected chi connectivity index (χ1v) is 11.3. The third-order valence-electron chi connectivity index (χ3n) is 3.63. The van der Waals surface area contributed by atoms with Crippen LogP contribution in [0.25, 0.3) is 0 Å². The standard InChI is InChI=1S/C19H17NO4S3/c1-24-16-5-2-4-14(12-16)18(21)13-26-17-9-7-15(8-10-17)20-27(22,23)19-6-3-11-25-19/h2-12,20H,13H2,1H3. The van der Waals surface area contributed by atoms with Crippen molar-refractivity contribution in [1.82, 2.24) is 0 Å². The molecule has 3 rings (SSSR count). The van der Waals surface area contributed by atoms with Crippen molar-refractivity contribution in [3.63, 3.8) is 0 Å². The lowest BCUT2D eigenvalue weighted by Crippen LogP contribution is -2.11. The van der Waals surface area contributed by atoms with Gasteiger partial charge in [0, 0.05) is 16.1 Å². The number of Topliss-reactive ketones (excluding diaryl/α,β-unsaturated/α-hetero) is 1. The van der Waals surface area contributed by atoms with E-state index in [2.05, 4.69) is 4.72 Å². The lowest BCUT2D eigenvalue weighted by molar-refractivity contribution is 0.102. The monoisotopic (exact) mass is 419 g/mol. The predicted molar refractivity (Wildman–Crippen MR) is 110 cm³/mol. The highest BCUT2D eigenvalue weighted by Gasteiger charge is 2.15. The van der Waals surface area contributed by atoms with E-state index >= 15 is 0 Å². The Labute approximate surface area is 166 Å². The summed E-state index contributed by atoms with van der Waals surface area (Å²) < 4.78 is 32.4. The minimum atomic E-state index is -3.56. The van der Waals surface area contributed by atoms with Crippen LogP contribution >= 0.6 is 23.1 Å². The van der Waals surface area contributed by atoms with Crippen molar-refractivity contribution in [3.8, 4) is 5.75 Å². The highest BCUT2D eigenvalue weighted by molar-refractivity contribution is 8.00. The number of ether oxygens (including phenoxy) is 1. The van der Waals surface area contributed by atoms with E-state index in [1.807, 2.05) is 0 Å². The Bertz CT molecular complexity index is 1010. The van der Waals surface area contributed by atoms with Gasteiger partial charge >= 0.3 is 0 Å². The number of carbonyl (C=O) groups excluding carboxylic acids is 1. The van der Waals surface area contributed by atoms with Crippen LogP contribution in [0.4, 0.5) is 5.69 Å². The van der Waals surface area contributed by atoms with Crippen LogP contribution in [0.15, 0.2) is 75.1 Å². The Morgan fingerprint density at radius 1 is 1.11 bits per heavy atom. The van der Waals surface area contributed by atoms with Crippen molar-refractivity contribution in [2.75, 3.05) is 17.6 Å². The van der Waals surface area contributed by atoms with Crippen LogP contribution in [0.3, 0.4) is 0 Å². The molecule has 1 heterocycles.